The maximum absolute atomic E-state index is 12.2. The van der Waals surface area contributed by atoms with Crippen LogP contribution in [-0.4, -0.2) is 28.8 Å². The van der Waals surface area contributed by atoms with Crippen molar-refractivity contribution < 1.29 is 4.79 Å². The van der Waals surface area contributed by atoms with E-state index in [2.05, 4.69) is 33.4 Å². The third-order valence-electron chi connectivity index (χ3n) is 3.88. The van der Waals surface area contributed by atoms with Gasteiger partial charge >= 0.3 is 0 Å². The highest BCUT2D eigenvalue weighted by Crippen LogP contribution is 2.41. The van der Waals surface area contributed by atoms with Crippen molar-refractivity contribution in [2.45, 2.75) is 32.9 Å². The molecule has 2 aromatic heterocycles. The van der Waals surface area contributed by atoms with Gasteiger partial charge in [0.05, 0.1) is 11.9 Å². The summed E-state index contributed by atoms with van der Waals surface area (Å²) in [5.74, 6) is 0.000827. The smallest absolute Gasteiger partial charge is 0.265 e. The Hall–Kier alpha value is -1.82. The maximum Gasteiger partial charge on any atom is 0.265 e. The molecule has 3 heterocycles. The Bertz CT molecular complexity index is 671. The van der Waals surface area contributed by atoms with Gasteiger partial charge in [-0.3, -0.25) is 9.89 Å². The SMILES string of the molecule is CCc1[nH]ncc1-c1cc2c(s1)C(=O)NC(C)(C)N2C. The van der Waals surface area contributed by atoms with E-state index in [1.165, 1.54) is 11.3 Å². The predicted molar refractivity (Wildman–Crippen MR) is 81.2 cm³/mol. The van der Waals surface area contributed by atoms with Gasteiger partial charge < -0.3 is 10.2 Å². The van der Waals surface area contributed by atoms with Gasteiger partial charge in [-0.15, -0.1) is 11.3 Å². The van der Waals surface area contributed by atoms with Gasteiger partial charge in [-0.05, 0) is 26.3 Å². The van der Waals surface area contributed by atoms with Crippen molar-refractivity contribution in [2.75, 3.05) is 11.9 Å². The monoisotopic (exact) mass is 290 g/mol. The number of nitrogens with zero attached hydrogens (tertiary/aromatic N) is 2. The van der Waals surface area contributed by atoms with Crippen molar-refractivity contribution in [3.05, 3.63) is 22.8 Å². The molecule has 5 nitrogen and oxygen atoms in total. The van der Waals surface area contributed by atoms with Crippen LogP contribution in [0.3, 0.4) is 0 Å². The minimum Gasteiger partial charge on any atom is -0.351 e. The molecule has 3 rings (SSSR count). The van der Waals surface area contributed by atoms with Crippen LogP contribution in [0.4, 0.5) is 5.69 Å². The molecule has 1 amide bonds. The van der Waals surface area contributed by atoms with Crippen LogP contribution in [-0.2, 0) is 6.42 Å². The summed E-state index contributed by atoms with van der Waals surface area (Å²) in [5, 5.41) is 10.1. The molecule has 20 heavy (non-hydrogen) atoms. The Labute approximate surface area is 122 Å². The fourth-order valence-corrected chi connectivity index (χ4v) is 3.56. The first-order valence-corrected chi connectivity index (χ1v) is 7.48. The first kappa shape index (κ1) is 13.2. The van der Waals surface area contributed by atoms with Crippen LogP contribution >= 0.6 is 11.3 Å². The lowest BCUT2D eigenvalue weighted by Crippen LogP contribution is -2.58. The van der Waals surface area contributed by atoms with Gasteiger partial charge in [-0.25, -0.2) is 0 Å². The first-order valence-electron chi connectivity index (χ1n) is 6.67. The third kappa shape index (κ3) is 1.83. The van der Waals surface area contributed by atoms with Crippen LogP contribution in [0.2, 0.25) is 0 Å². The molecule has 106 valence electrons. The zero-order chi connectivity index (χ0) is 14.5. The largest absolute Gasteiger partial charge is 0.351 e. The fourth-order valence-electron chi connectivity index (χ4n) is 2.44. The third-order valence-corrected chi connectivity index (χ3v) is 5.03. The lowest BCUT2D eigenvalue weighted by atomic mass is 10.1. The van der Waals surface area contributed by atoms with Crippen molar-refractivity contribution in [1.82, 2.24) is 15.5 Å². The Balaban J connectivity index is 2.11. The molecule has 1 aliphatic heterocycles. The molecule has 0 fully saturated rings. The summed E-state index contributed by atoms with van der Waals surface area (Å²) < 4.78 is 0. The van der Waals surface area contributed by atoms with Crippen LogP contribution in [0.5, 0.6) is 0 Å². The molecule has 0 bridgehead atoms. The molecule has 0 saturated carbocycles. The summed E-state index contributed by atoms with van der Waals surface area (Å²) in [6.07, 6.45) is 2.73. The Kier molecular flexibility index (Phi) is 2.86. The van der Waals surface area contributed by atoms with E-state index in [9.17, 15) is 4.79 Å². The Morgan fingerprint density at radius 2 is 2.20 bits per heavy atom. The molecule has 1 aliphatic rings. The maximum atomic E-state index is 12.2. The second-order valence-electron chi connectivity index (χ2n) is 5.51. The van der Waals surface area contributed by atoms with E-state index in [1.807, 2.05) is 27.1 Å². The number of nitrogens with one attached hydrogen (secondary N) is 2. The van der Waals surface area contributed by atoms with E-state index in [4.69, 9.17) is 0 Å². The summed E-state index contributed by atoms with van der Waals surface area (Å²) >= 11 is 1.52. The zero-order valence-electron chi connectivity index (χ0n) is 12.1. The highest BCUT2D eigenvalue weighted by molar-refractivity contribution is 7.18. The number of aromatic amines is 1. The normalized spacial score (nSPS) is 17.0. The van der Waals surface area contributed by atoms with Crippen LogP contribution in [0.25, 0.3) is 10.4 Å². The molecule has 2 N–H and O–H groups in total. The average Bonchev–Trinajstić information content (AvgIpc) is 3.01. The molecule has 0 atom stereocenters. The Morgan fingerprint density at radius 3 is 2.90 bits per heavy atom. The predicted octanol–water partition coefficient (Wildman–Crippen LogP) is 2.62. The van der Waals surface area contributed by atoms with E-state index in [-0.39, 0.29) is 11.6 Å². The van der Waals surface area contributed by atoms with E-state index in [0.29, 0.717) is 0 Å². The van der Waals surface area contributed by atoms with Crippen LogP contribution in [0.15, 0.2) is 12.3 Å². The molecule has 0 spiro atoms. The summed E-state index contributed by atoms with van der Waals surface area (Å²) in [6, 6.07) is 2.09. The molecular weight excluding hydrogens is 272 g/mol. The number of hydrogen-bond donors (Lipinski definition) is 2. The summed E-state index contributed by atoms with van der Waals surface area (Å²) in [5.41, 5.74) is 2.81. The molecule has 0 saturated heterocycles. The van der Waals surface area contributed by atoms with Crippen molar-refractivity contribution in [3.63, 3.8) is 0 Å². The number of aromatic nitrogens is 2. The fraction of sp³-hybridized carbons (Fsp3) is 0.429. The number of amides is 1. The number of rotatable bonds is 2. The number of aryl methyl sites for hydroxylation is 1. The van der Waals surface area contributed by atoms with Gasteiger partial charge in [0.15, 0.2) is 0 Å². The number of fused-ring (bicyclic) bond motifs is 1. The Morgan fingerprint density at radius 1 is 1.45 bits per heavy atom. The number of H-pyrrole nitrogens is 1. The van der Waals surface area contributed by atoms with Crippen molar-refractivity contribution in [2.24, 2.45) is 0 Å². The highest BCUT2D eigenvalue weighted by atomic mass is 32.1. The van der Waals surface area contributed by atoms with Gasteiger partial charge in [0.2, 0.25) is 0 Å². The second-order valence-corrected chi connectivity index (χ2v) is 6.57. The topological polar surface area (TPSA) is 61.0 Å². The first-order chi connectivity index (χ1) is 9.44. The number of thiophene rings is 1. The molecule has 6 heteroatoms. The number of anilines is 1. The van der Waals surface area contributed by atoms with Crippen LogP contribution < -0.4 is 10.2 Å². The lowest BCUT2D eigenvalue weighted by Gasteiger charge is -2.41. The second kappa shape index (κ2) is 4.34. The highest BCUT2D eigenvalue weighted by Gasteiger charge is 2.36. The quantitative estimate of drug-likeness (QED) is 0.893. The van der Waals surface area contributed by atoms with Crippen LogP contribution in [0, 0.1) is 0 Å². The van der Waals surface area contributed by atoms with E-state index < -0.39 is 0 Å². The molecular formula is C14H18N4OS. The van der Waals surface area contributed by atoms with Crippen LogP contribution in [0.1, 0.15) is 36.1 Å². The molecule has 0 aromatic carbocycles. The average molecular weight is 290 g/mol. The van der Waals surface area contributed by atoms with Gasteiger partial charge in [-0.1, -0.05) is 6.92 Å². The van der Waals surface area contributed by atoms with Crippen molar-refractivity contribution >= 4 is 22.9 Å². The summed E-state index contributed by atoms with van der Waals surface area (Å²) in [7, 11) is 2.00. The van der Waals surface area contributed by atoms with Gasteiger partial charge in [0.1, 0.15) is 10.5 Å². The summed E-state index contributed by atoms with van der Waals surface area (Å²) in [6.45, 7) is 6.09. The number of carbonyl (C=O) groups excluding carboxylic acids is 1. The number of hydrogen-bond acceptors (Lipinski definition) is 4. The van der Waals surface area contributed by atoms with Crippen molar-refractivity contribution in [3.8, 4) is 10.4 Å². The molecule has 2 aromatic rings. The van der Waals surface area contributed by atoms with Gasteiger partial charge in [0, 0.05) is 23.2 Å². The lowest BCUT2D eigenvalue weighted by molar-refractivity contribution is 0.0905. The van der Waals surface area contributed by atoms with Gasteiger partial charge in [-0.2, -0.15) is 5.10 Å². The molecule has 0 aliphatic carbocycles. The van der Waals surface area contributed by atoms with E-state index >= 15 is 0 Å². The van der Waals surface area contributed by atoms with E-state index in [1.54, 1.807) is 0 Å². The molecule has 0 radical (unpaired) electrons. The van der Waals surface area contributed by atoms with Gasteiger partial charge in [0.25, 0.3) is 5.91 Å². The number of carbonyl (C=O) groups is 1. The minimum atomic E-state index is -0.369. The standard InChI is InChI=1S/C14H18N4OS/c1-5-9-8(7-15-17-9)11-6-10-12(20-11)13(19)16-14(2,3)18(10)4/h6-7H,5H2,1-4H3,(H,15,17)(H,16,19). The summed E-state index contributed by atoms with van der Waals surface area (Å²) in [4.78, 5) is 16.2. The van der Waals surface area contributed by atoms with Crippen molar-refractivity contribution in [1.29, 1.82) is 0 Å². The minimum absolute atomic E-state index is 0.000827. The zero-order valence-corrected chi connectivity index (χ0v) is 12.9. The molecule has 0 unspecified atom stereocenters. The van der Waals surface area contributed by atoms with E-state index in [0.717, 1.165) is 33.1 Å².